The van der Waals surface area contributed by atoms with Crippen LogP contribution in [0.25, 0.3) is 0 Å². The lowest BCUT2D eigenvalue weighted by molar-refractivity contribution is 0.243. The van der Waals surface area contributed by atoms with E-state index in [1.54, 1.807) is 6.92 Å². The number of sulfonamides is 1. The Balaban J connectivity index is 1.89. The minimum atomic E-state index is -3.12. The first-order chi connectivity index (χ1) is 9.02. The van der Waals surface area contributed by atoms with Crippen molar-refractivity contribution in [3.63, 3.8) is 0 Å². The molecule has 1 aromatic heterocycles. The zero-order valence-corrected chi connectivity index (χ0v) is 12.1. The first-order valence-electron chi connectivity index (χ1n) is 6.47. The molecule has 1 fully saturated rings. The van der Waals surface area contributed by atoms with Gasteiger partial charge < -0.3 is 4.52 Å². The van der Waals surface area contributed by atoms with E-state index in [1.807, 2.05) is 0 Å². The van der Waals surface area contributed by atoms with Gasteiger partial charge in [-0.3, -0.25) is 4.90 Å². The molecule has 0 radical (unpaired) electrons. The van der Waals surface area contributed by atoms with Gasteiger partial charge in [0.1, 0.15) is 0 Å². The van der Waals surface area contributed by atoms with Gasteiger partial charge in [-0.2, -0.15) is 4.98 Å². The Morgan fingerprint density at radius 2 is 2.32 bits per heavy atom. The highest BCUT2D eigenvalue weighted by Gasteiger charge is 2.29. The fraction of sp³-hybridized carbons (Fsp3) is 0.818. The summed E-state index contributed by atoms with van der Waals surface area (Å²) in [6.45, 7) is 3.46. The van der Waals surface area contributed by atoms with Crippen molar-refractivity contribution in [3.8, 4) is 0 Å². The van der Waals surface area contributed by atoms with Crippen LogP contribution >= 0.6 is 0 Å². The van der Waals surface area contributed by atoms with Crippen molar-refractivity contribution in [2.75, 3.05) is 25.9 Å². The zero-order chi connectivity index (χ0) is 13.9. The Labute approximate surface area is 113 Å². The smallest absolute Gasteiger partial charge is 0.223 e. The number of rotatable bonds is 6. The van der Waals surface area contributed by atoms with E-state index < -0.39 is 10.0 Å². The molecule has 0 aliphatic carbocycles. The summed E-state index contributed by atoms with van der Waals surface area (Å²) < 4.78 is 30.1. The van der Waals surface area contributed by atoms with E-state index >= 15 is 0 Å². The van der Waals surface area contributed by atoms with Crippen molar-refractivity contribution in [3.05, 3.63) is 11.7 Å². The minimum Gasteiger partial charge on any atom is -0.340 e. The van der Waals surface area contributed by atoms with Gasteiger partial charge in [0, 0.05) is 6.92 Å². The van der Waals surface area contributed by atoms with Gasteiger partial charge in [-0.15, -0.1) is 0 Å². The molecule has 8 heteroatoms. The second kappa shape index (κ2) is 5.98. The van der Waals surface area contributed by atoms with Crippen molar-refractivity contribution >= 4 is 10.0 Å². The predicted octanol–water partition coefficient (Wildman–Crippen LogP) is 0.454. The molecular formula is C11H20N4O3S. The van der Waals surface area contributed by atoms with Crippen LogP contribution in [0.3, 0.4) is 0 Å². The second-order valence-electron chi connectivity index (χ2n) is 4.74. The van der Waals surface area contributed by atoms with Gasteiger partial charge in [-0.05, 0) is 39.4 Å². The van der Waals surface area contributed by atoms with E-state index in [9.17, 15) is 8.42 Å². The maximum Gasteiger partial charge on any atom is 0.223 e. The average Bonchev–Trinajstić information content (AvgIpc) is 2.97. The Bertz CT molecular complexity index is 514. The molecule has 0 bridgehead atoms. The quantitative estimate of drug-likeness (QED) is 0.818. The molecule has 2 heterocycles. The molecule has 1 unspecified atom stereocenters. The third-order valence-electron chi connectivity index (χ3n) is 3.37. The van der Waals surface area contributed by atoms with Crippen molar-refractivity contribution in [2.45, 2.75) is 32.2 Å². The largest absolute Gasteiger partial charge is 0.340 e. The summed E-state index contributed by atoms with van der Waals surface area (Å²) in [6, 6.07) is 0.162. The number of nitrogens with one attached hydrogen (secondary N) is 1. The molecule has 1 saturated heterocycles. The highest BCUT2D eigenvalue weighted by molar-refractivity contribution is 7.89. The Morgan fingerprint density at radius 1 is 1.53 bits per heavy atom. The van der Waals surface area contributed by atoms with Gasteiger partial charge in [0.15, 0.2) is 5.82 Å². The van der Waals surface area contributed by atoms with Gasteiger partial charge in [-0.1, -0.05) is 5.16 Å². The summed E-state index contributed by atoms with van der Waals surface area (Å²) in [5.74, 6) is 1.43. The number of hydrogen-bond donors (Lipinski definition) is 1. The van der Waals surface area contributed by atoms with Gasteiger partial charge in [0.25, 0.3) is 0 Å². The second-order valence-corrected chi connectivity index (χ2v) is 6.79. The Hall–Kier alpha value is -0.990. The van der Waals surface area contributed by atoms with Gasteiger partial charge >= 0.3 is 0 Å². The highest BCUT2D eigenvalue weighted by atomic mass is 32.2. The molecule has 2 rings (SSSR count). The van der Waals surface area contributed by atoms with Gasteiger partial charge in [0.2, 0.25) is 15.9 Å². The van der Waals surface area contributed by atoms with Crippen LogP contribution in [0.2, 0.25) is 0 Å². The molecule has 1 aromatic rings. The molecule has 1 aliphatic rings. The molecule has 0 amide bonds. The number of likely N-dealkylation sites (tertiary alicyclic amines) is 1. The van der Waals surface area contributed by atoms with Crippen LogP contribution in [0.4, 0.5) is 0 Å². The third kappa shape index (κ3) is 3.74. The summed E-state index contributed by atoms with van der Waals surface area (Å²) >= 11 is 0. The lowest BCUT2D eigenvalue weighted by atomic mass is 10.2. The van der Waals surface area contributed by atoms with Crippen LogP contribution < -0.4 is 4.72 Å². The Kier molecular flexibility index (Phi) is 4.54. The SMILES string of the molecule is CNS(=O)(=O)CCCN1CCCC1c1noc(C)n1. The lowest BCUT2D eigenvalue weighted by Crippen LogP contribution is -2.29. The minimum absolute atomic E-state index is 0.151. The maximum absolute atomic E-state index is 11.4. The molecule has 0 spiro atoms. The van der Waals surface area contributed by atoms with Gasteiger partial charge in [-0.25, -0.2) is 13.1 Å². The van der Waals surface area contributed by atoms with Crippen molar-refractivity contribution in [2.24, 2.45) is 0 Å². The van der Waals surface area contributed by atoms with E-state index in [4.69, 9.17) is 4.52 Å². The summed E-state index contributed by atoms with van der Waals surface area (Å²) in [6.07, 6.45) is 2.69. The molecule has 1 aliphatic heterocycles. The van der Waals surface area contributed by atoms with Crippen LogP contribution in [0.15, 0.2) is 4.52 Å². The molecule has 1 atom stereocenters. The standard InChI is InChI=1S/C11H20N4O3S/c1-9-13-11(14-18-9)10-5-3-6-15(10)7-4-8-19(16,17)12-2/h10,12H,3-8H2,1-2H3. The molecular weight excluding hydrogens is 268 g/mol. The normalized spacial score (nSPS) is 21.1. The molecule has 108 valence electrons. The van der Waals surface area contributed by atoms with E-state index in [2.05, 4.69) is 19.8 Å². The fourth-order valence-corrected chi connectivity index (χ4v) is 3.11. The highest BCUT2D eigenvalue weighted by Crippen LogP contribution is 2.29. The fourth-order valence-electron chi connectivity index (χ4n) is 2.40. The van der Waals surface area contributed by atoms with E-state index in [0.29, 0.717) is 18.1 Å². The molecule has 19 heavy (non-hydrogen) atoms. The predicted molar refractivity (Wildman–Crippen MR) is 70.0 cm³/mol. The number of aryl methyl sites for hydroxylation is 1. The van der Waals surface area contributed by atoms with Crippen LogP contribution in [0.5, 0.6) is 0 Å². The van der Waals surface area contributed by atoms with Crippen LogP contribution in [-0.4, -0.2) is 49.3 Å². The van der Waals surface area contributed by atoms with Crippen molar-refractivity contribution in [1.82, 2.24) is 19.8 Å². The first kappa shape index (κ1) is 14.4. The van der Waals surface area contributed by atoms with E-state index in [-0.39, 0.29) is 11.8 Å². The first-order valence-corrected chi connectivity index (χ1v) is 8.12. The number of aromatic nitrogens is 2. The molecule has 0 aromatic carbocycles. The topological polar surface area (TPSA) is 88.3 Å². The van der Waals surface area contributed by atoms with Crippen LogP contribution in [0, 0.1) is 6.92 Å². The monoisotopic (exact) mass is 288 g/mol. The van der Waals surface area contributed by atoms with Crippen LogP contribution in [-0.2, 0) is 10.0 Å². The Morgan fingerprint density at radius 3 is 2.95 bits per heavy atom. The van der Waals surface area contributed by atoms with Crippen molar-refractivity contribution < 1.29 is 12.9 Å². The lowest BCUT2D eigenvalue weighted by Gasteiger charge is -2.21. The number of hydrogen-bond acceptors (Lipinski definition) is 6. The average molecular weight is 288 g/mol. The third-order valence-corrected chi connectivity index (χ3v) is 4.82. The van der Waals surface area contributed by atoms with E-state index in [0.717, 1.165) is 25.9 Å². The van der Waals surface area contributed by atoms with Gasteiger partial charge in [0.05, 0.1) is 11.8 Å². The molecule has 1 N–H and O–H groups in total. The van der Waals surface area contributed by atoms with E-state index in [1.165, 1.54) is 7.05 Å². The summed E-state index contributed by atoms with van der Waals surface area (Å²) in [7, 11) is -1.68. The number of nitrogens with zero attached hydrogens (tertiary/aromatic N) is 3. The van der Waals surface area contributed by atoms with Crippen LogP contribution in [0.1, 0.15) is 37.0 Å². The molecule has 0 saturated carbocycles. The maximum atomic E-state index is 11.4. The van der Waals surface area contributed by atoms with Crippen molar-refractivity contribution in [1.29, 1.82) is 0 Å². The zero-order valence-electron chi connectivity index (χ0n) is 11.3. The summed E-state index contributed by atoms with van der Waals surface area (Å²) in [5, 5.41) is 3.96. The summed E-state index contributed by atoms with van der Waals surface area (Å²) in [5.41, 5.74) is 0. The molecule has 7 nitrogen and oxygen atoms in total. The summed E-state index contributed by atoms with van der Waals surface area (Å²) in [4.78, 5) is 6.50.